The van der Waals surface area contributed by atoms with E-state index >= 15 is 0 Å². The van der Waals surface area contributed by atoms with Gasteiger partial charge in [0, 0.05) is 12.7 Å². The second-order valence-electron chi connectivity index (χ2n) is 4.42. The second-order valence-corrected chi connectivity index (χ2v) is 7.22. The molecule has 0 aliphatic heterocycles. The van der Waals surface area contributed by atoms with Crippen molar-refractivity contribution >= 4 is 32.2 Å². The van der Waals surface area contributed by atoms with Crippen LogP contribution in [-0.2, 0) is 10.0 Å². The number of rotatable bonds is 4. The third-order valence-corrected chi connectivity index (χ3v) is 5.29. The zero-order valence-electron chi connectivity index (χ0n) is 11.7. The summed E-state index contributed by atoms with van der Waals surface area (Å²) in [6, 6.07) is 3.60. The van der Waals surface area contributed by atoms with E-state index in [4.69, 9.17) is 0 Å². The first-order valence-corrected chi connectivity index (χ1v) is 8.25. The molecule has 0 spiro atoms. The maximum atomic E-state index is 12.5. The highest BCUT2D eigenvalue weighted by Crippen LogP contribution is 2.27. The fraction of sp³-hybridized carbons (Fsp3) is 0.333. The Bertz CT molecular complexity index is 715. The van der Waals surface area contributed by atoms with Gasteiger partial charge in [-0.1, -0.05) is 11.3 Å². The zero-order valence-corrected chi connectivity index (χ0v) is 13.3. The smallest absolute Gasteiger partial charge is 0.264 e. The number of hydrogen-bond donors (Lipinski definition) is 2. The molecule has 0 bridgehead atoms. The molecule has 2 aromatic rings. The van der Waals surface area contributed by atoms with E-state index in [2.05, 4.69) is 20.2 Å². The Labute approximate surface area is 122 Å². The Hall–Kier alpha value is -1.67. The Balaban J connectivity index is 2.44. The molecule has 1 heterocycles. The van der Waals surface area contributed by atoms with Crippen LogP contribution in [0.2, 0.25) is 0 Å². The molecule has 8 heteroatoms. The predicted molar refractivity (Wildman–Crippen MR) is 80.9 cm³/mol. The summed E-state index contributed by atoms with van der Waals surface area (Å²) in [5.74, 6) is 0. The van der Waals surface area contributed by atoms with Crippen LogP contribution in [0, 0.1) is 20.8 Å². The topological polar surface area (TPSA) is 84.0 Å². The first kappa shape index (κ1) is 14.7. The molecular formula is C12H16N4O2S2. The normalized spacial score (nSPS) is 11.4. The summed E-state index contributed by atoms with van der Waals surface area (Å²) in [5, 5.41) is 11.6. The van der Waals surface area contributed by atoms with Gasteiger partial charge in [0.25, 0.3) is 10.0 Å². The monoisotopic (exact) mass is 312 g/mol. The van der Waals surface area contributed by atoms with E-state index < -0.39 is 10.0 Å². The van der Waals surface area contributed by atoms with E-state index in [1.807, 2.05) is 0 Å². The summed E-state index contributed by atoms with van der Waals surface area (Å²) >= 11 is 1.20. The van der Waals surface area contributed by atoms with Gasteiger partial charge in [0.2, 0.25) is 5.13 Å². The minimum absolute atomic E-state index is 0.277. The molecule has 0 saturated carbocycles. The highest BCUT2D eigenvalue weighted by Gasteiger charge is 2.21. The summed E-state index contributed by atoms with van der Waals surface area (Å²) < 4.78 is 27.4. The van der Waals surface area contributed by atoms with E-state index in [1.165, 1.54) is 11.3 Å². The van der Waals surface area contributed by atoms with Crippen molar-refractivity contribution in [2.75, 3.05) is 17.1 Å². The van der Waals surface area contributed by atoms with Crippen LogP contribution in [0.4, 0.5) is 10.8 Å². The van der Waals surface area contributed by atoms with Gasteiger partial charge in [0.1, 0.15) is 5.01 Å². The van der Waals surface area contributed by atoms with Crippen molar-refractivity contribution in [3.8, 4) is 0 Å². The number of nitrogens with zero attached hydrogens (tertiary/aromatic N) is 2. The van der Waals surface area contributed by atoms with Crippen molar-refractivity contribution in [3.05, 3.63) is 28.3 Å². The van der Waals surface area contributed by atoms with Gasteiger partial charge >= 0.3 is 0 Å². The molecular weight excluding hydrogens is 296 g/mol. The van der Waals surface area contributed by atoms with E-state index in [0.29, 0.717) is 16.1 Å². The maximum Gasteiger partial charge on any atom is 0.264 e. The second kappa shape index (κ2) is 5.37. The van der Waals surface area contributed by atoms with E-state index in [1.54, 1.807) is 40.0 Å². The molecule has 0 aliphatic carbocycles. The largest absolute Gasteiger partial charge is 0.388 e. The zero-order chi connectivity index (χ0) is 14.9. The molecule has 0 saturated heterocycles. The SMILES string of the molecule is CNc1cc(C)c(S(=O)(=O)Nc2nnc(C)s2)c(C)c1. The van der Waals surface area contributed by atoms with E-state index in [0.717, 1.165) is 5.69 Å². The summed E-state index contributed by atoms with van der Waals surface area (Å²) in [4.78, 5) is 0.282. The number of hydrogen-bond acceptors (Lipinski definition) is 6. The van der Waals surface area contributed by atoms with Gasteiger partial charge in [-0.05, 0) is 44.0 Å². The van der Waals surface area contributed by atoms with Crippen molar-refractivity contribution < 1.29 is 8.42 Å². The number of nitrogens with one attached hydrogen (secondary N) is 2. The van der Waals surface area contributed by atoms with E-state index in [-0.39, 0.29) is 10.0 Å². The molecule has 0 aliphatic rings. The summed E-state index contributed by atoms with van der Waals surface area (Å²) in [6.45, 7) is 5.31. The molecule has 0 radical (unpaired) electrons. The lowest BCUT2D eigenvalue weighted by Crippen LogP contribution is -2.16. The van der Waals surface area contributed by atoms with Gasteiger partial charge in [-0.15, -0.1) is 10.2 Å². The van der Waals surface area contributed by atoms with Crippen molar-refractivity contribution in [3.63, 3.8) is 0 Å². The van der Waals surface area contributed by atoms with Crippen LogP contribution >= 0.6 is 11.3 Å². The molecule has 20 heavy (non-hydrogen) atoms. The molecule has 1 aromatic carbocycles. The standard InChI is InChI=1S/C12H16N4O2S2/c1-7-5-10(13-4)6-8(2)11(7)20(17,18)16-12-15-14-9(3)19-12/h5-6,13H,1-4H3,(H,15,16). The molecule has 0 atom stereocenters. The van der Waals surface area contributed by atoms with Gasteiger partial charge in [0.05, 0.1) is 4.90 Å². The van der Waals surface area contributed by atoms with Crippen molar-refractivity contribution in [2.24, 2.45) is 0 Å². The molecule has 2 N–H and O–H groups in total. The van der Waals surface area contributed by atoms with Gasteiger partial charge in [-0.25, -0.2) is 8.42 Å². The minimum atomic E-state index is -3.66. The van der Waals surface area contributed by atoms with Crippen LogP contribution < -0.4 is 10.0 Å². The molecule has 108 valence electrons. The van der Waals surface area contributed by atoms with Crippen molar-refractivity contribution in [1.82, 2.24) is 10.2 Å². The third-order valence-electron chi connectivity index (χ3n) is 2.77. The van der Waals surface area contributed by atoms with E-state index in [9.17, 15) is 8.42 Å². The Morgan fingerprint density at radius 2 is 1.70 bits per heavy atom. The van der Waals surface area contributed by atoms with Crippen LogP contribution in [0.25, 0.3) is 0 Å². The van der Waals surface area contributed by atoms with Crippen LogP contribution in [0.5, 0.6) is 0 Å². The number of anilines is 2. The quantitative estimate of drug-likeness (QED) is 0.905. The number of sulfonamides is 1. The predicted octanol–water partition coefficient (Wildman–Crippen LogP) is 2.31. The molecule has 0 unspecified atom stereocenters. The fourth-order valence-electron chi connectivity index (χ4n) is 2.02. The van der Waals surface area contributed by atoms with Gasteiger partial charge in [-0.2, -0.15) is 0 Å². The Morgan fingerprint density at radius 1 is 1.10 bits per heavy atom. The van der Waals surface area contributed by atoms with Gasteiger partial charge < -0.3 is 5.32 Å². The minimum Gasteiger partial charge on any atom is -0.388 e. The highest BCUT2D eigenvalue weighted by molar-refractivity contribution is 7.93. The average Bonchev–Trinajstić information content (AvgIpc) is 2.72. The Morgan fingerprint density at radius 3 is 2.15 bits per heavy atom. The van der Waals surface area contributed by atoms with Crippen LogP contribution in [0.15, 0.2) is 17.0 Å². The van der Waals surface area contributed by atoms with Gasteiger partial charge in [0.15, 0.2) is 0 Å². The third kappa shape index (κ3) is 2.91. The Kier molecular flexibility index (Phi) is 3.96. The molecule has 6 nitrogen and oxygen atoms in total. The fourth-order valence-corrected chi connectivity index (χ4v) is 4.30. The lowest BCUT2D eigenvalue weighted by Gasteiger charge is -2.13. The lowest BCUT2D eigenvalue weighted by molar-refractivity contribution is 0.600. The van der Waals surface area contributed by atoms with Crippen molar-refractivity contribution in [1.29, 1.82) is 0 Å². The maximum absolute atomic E-state index is 12.5. The summed E-state index contributed by atoms with van der Waals surface area (Å²) in [5.41, 5.74) is 2.25. The molecule has 0 fully saturated rings. The average molecular weight is 312 g/mol. The first-order valence-electron chi connectivity index (χ1n) is 5.95. The summed E-state index contributed by atoms with van der Waals surface area (Å²) in [7, 11) is -1.86. The first-order chi connectivity index (χ1) is 9.33. The van der Waals surface area contributed by atoms with Crippen LogP contribution in [-0.4, -0.2) is 25.7 Å². The lowest BCUT2D eigenvalue weighted by atomic mass is 10.1. The molecule has 0 amide bonds. The number of benzene rings is 1. The van der Waals surface area contributed by atoms with Crippen molar-refractivity contribution in [2.45, 2.75) is 25.7 Å². The summed E-state index contributed by atoms with van der Waals surface area (Å²) in [6.07, 6.45) is 0. The van der Waals surface area contributed by atoms with Crippen LogP contribution in [0.3, 0.4) is 0 Å². The van der Waals surface area contributed by atoms with Crippen LogP contribution in [0.1, 0.15) is 16.1 Å². The van der Waals surface area contributed by atoms with Gasteiger partial charge in [-0.3, -0.25) is 4.72 Å². The highest BCUT2D eigenvalue weighted by atomic mass is 32.2. The number of aromatic nitrogens is 2. The number of aryl methyl sites for hydroxylation is 3. The molecule has 1 aromatic heterocycles. The molecule has 2 rings (SSSR count).